The van der Waals surface area contributed by atoms with Gasteiger partial charge in [0.15, 0.2) is 0 Å². The number of hydrogen-bond donors (Lipinski definition) is 0. The van der Waals surface area contributed by atoms with Crippen LogP contribution in [-0.2, 0) is 0 Å². The minimum Gasteiger partial charge on any atom is -0.456 e. The highest BCUT2D eigenvalue weighted by Crippen LogP contribution is 2.51. The summed E-state index contributed by atoms with van der Waals surface area (Å²) in [5.41, 5.74) is 17.9. The maximum absolute atomic E-state index is 6.55. The van der Waals surface area contributed by atoms with Crippen molar-refractivity contribution in [2.75, 3.05) is 14.7 Å². The van der Waals surface area contributed by atoms with Crippen molar-refractivity contribution in [1.29, 1.82) is 0 Å². The van der Waals surface area contributed by atoms with Gasteiger partial charge in [-0.25, -0.2) is 0 Å². The molecule has 10 aromatic rings. The van der Waals surface area contributed by atoms with Crippen molar-refractivity contribution in [3.63, 3.8) is 0 Å². The van der Waals surface area contributed by atoms with E-state index in [1.165, 1.54) is 27.8 Å². The SMILES string of the molecule is c1ccc(-c2c(N(c3ccccc3)c3cc4c5c(c3)N(c3ccccc3)c3ccccc3B5c3ccccc3N4c3ccccc3)ccc3oc4ccccc4c23)cc1. The van der Waals surface area contributed by atoms with Gasteiger partial charge in [0, 0.05) is 56.1 Å². The monoisotopic (exact) mass is 753 g/mol. The predicted molar refractivity (Wildman–Crippen MR) is 248 cm³/mol. The maximum atomic E-state index is 6.55. The molecule has 3 heterocycles. The molecule has 276 valence electrons. The number of furan rings is 1. The Morgan fingerprint density at radius 1 is 0.407 bits per heavy atom. The summed E-state index contributed by atoms with van der Waals surface area (Å²) in [5, 5.41) is 2.20. The first-order valence-electron chi connectivity index (χ1n) is 20.2. The van der Waals surface area contributed by atoms with E-state index in [1.54, 1.807) is 0 Å². The quantitative estimate of drug-likeness (QED) is 0.158. The fraction of sp³-hybridized carbons (Fsp3) is 0. The van der Waals surface area contributed by atoms with Gasteiger partial charge in [-0.2, -0.15) is 0 Å². The number of rotatable bonds is 6. The van der Waals surface area contributed by atoms with Crippen molar-refractivity contribution in [2.24, 2.45) is 0 Å². The number of fused-ring (bicyclic) bond motifs is 7. The number of para-hydroxylation sites is 6. The molecule has 0 aliphatic carbocycles. The van der Waals surface area contributed by atoms with E-state index < -0.39 is 0 Å². The Morgan fingerprint density at radius 3 is 1.53 bits per heavy atom. The van der Waals surface area contributed by atoms with Gasteiger partial charge in [-0.15, -0.1) is 0 Å². The second-order valence-electron chi connectivity index (χ2n) is 15.3. The molecular formula is C54H36BN3O. The fourth-order valence-electron chi connectivity index (χ4n) is 9.62. The van der Waals surface area contributed by atoms with Gasteiger partial charge in [0.2, 0.25) is 0 Å². The first kappa shape index (κ1) is 33.4. The van der Waals surface area contributed by atoms with Crippen LogP contribution in [0.2, 0.25) is 0 Å². The standard InChI is InChI=1S/C54H36BN3O/c1-5-19-37(20-6-1)52-47(33-34-51-53(52)42-27-13-18-32-50(42)59-51)56(38-21-7-2-8-22-38)41-35-48-54-49(36-41)58(40-25-11-4-12-26-40)46-31-17-15-29-44(46)55(54)43-28-14-16-30-45(43)57(48)39-23-9-3-10-24-39/h1-36H. The third-order valence-corrected chi connectivity index (χ3v) is 12.0. The van der Waals surface area contributed by atoms with Gasteiger partial charge < -0.3 is 19.1 Å². The second kappa shape index (κ2) is 13.4. The molecule has 0 saturated heterocycles. The van der Waals surface area contributed by atoms with Crippen LogP contribution in [0.25, 0.3) is 33.1 Å². The third-order valence-electron chi connectivity index (χ3n) is 12.0. The molecule has 0 fully saturated rings. The van der Waals surface area contributed by atoms with Gasteiger partial charge in [-0.05, 0) is 101 Å². The van der Waals surface area contributed by atoms with Crippen LogP contribution in [0, 0.1) is 0 Å². The molecule has 0 bridgehead atoms. The lowest BCUT2D eigenvalue weighted by Gasteiger charge is -2.45. The van der Waals surface area contributed by atoms with Crippen molar-refractivity contribution < 1.29 is 4.42 Å². The second-order valence-corrected chi connectivity index (χ2v) is 15.3. The van der Waals surface area contributed by atoms with Crippen molar-refractivity contribution in [3.8, 4) is 11.1 Å². The topological polar surface area (TPSA) is 22.9 Å². The van der Waals surface area contributed by atoms with E-state index in [1.807, 2.05) is 6.07 Å². The highest BCUT2D eigenvalue weighted by atomic mass is 16.3. The molecule has 0 N–H and O–H groups in total. The zero-order valence-corrected chi connectivity index (χ0v) is 32.1. The summed E-state index contributed by atoms with van der Waals surface area (Å²) in [6.07, 6.45) is 0. The Labute approximate surface area is 343 Å². The highest BCUT2D eigenvalue weighted by Gasteiger charge is 2.43. The van der Waals surface area contributed by atoms with E-state index in [9.17, 15) is 0 Å². The lowest BCUT2D eigenvalue weighted by molar-refractivity contribution is 0.669. The van der Waals surface area contributed by atoms with Crippen LogP contribution in [0.3, 0.4) is 0 Å². The van der Waals surface area contributed by atoms with Gasteiger partial charge in [0.05, 0.1) is 11.4 Å². The highest BCUT2D eigenvalue weighted by molar-refractivity contribution is 7.00. The summed E-state index contributed by atoms with van der Waals surface area (Å²) in [4.78, 5) is 7.39. The maximum Gasteiger partial charge on any atom is 0.252 e. The number of nitrogens with zero attached hydrogens (tertiary/aromatic N) is 3. The molecule has 9 aromatic carbocycles. The van der Waals surface area contributed by atoms with Gasteiger partial charge in [0.1, 0.15) is 11.2 Å². The molecule has 2 aliphatic heterocycles. The lowest BCUT2D eigenvalue weighted by Crippen LogP contribution is -2.61. The van der Waals surface area contributed by atoms with Crippen LogP contribution in [-0.4, -0.2) is 6.71 Å². The Kier molecular flexibility index (Phi) is 7.60. The summed E-state index contributed by atoms with van der Waals surface area (Å²) >= 11 is 0. The van der Waals surface area contributed by atoms with Crippen molar-refractivity contribution in [1.82, 2.24) is 0 Å². The average Bonchev–Trinajstić information content (AvgIpc) is 3.69. The van der Waals surface area contributed by atoms with Crippen molar-refractivity contribution >= 4 is 96.2 Å². The smallest absolute Gasteiger partial charge is 0.252 e. The van der Waals surface area contributed by atoms with E-state index >= 15 is 0 Å². The molecule has 59 heavy (non-hydrogen) atoms. The number of benzene rings is 9. The molecule has 12 rings (SSSR count). The lowest BCUT2D eigenvalue weighted by atomic mass is 9.33. The van der Waals surface area contributed by atoms with E-state index in [0.29, 0.717) is 0 Å². The molecule has 5 heteroatoms. The van der Waals surface area contributed by atoms with E-state index in [2.05, 4.69) is 227 Å². The molecule has 0 saturated carbocycles. The van der Waals surface area contributed by atoms with Gasteiger partial charge in [-0.3, -0.25) is 0 Å². The van der Waals surface area contributed by atoms with Crippen LogP contribution < -0.4 is 31.1 Å². The number of anilines is 9. The predicted octanol–water partition coefficient (Wildman–Crippen LogP) is 12.8. The van der Waals surface area contributed by atoms with Crippen molar-refractivity contribution in [3.05, 3.63) is 218 Å². The molecule has 4 nitrogen and oxygen atoms in total. The zero-order valence-electron chi connectivity index (χ0n) is 32.1. The van der Waals surface area contributed by atoms with Gasteiger partial charge in [-0.1, -0.05) is 140 Å². The third kappa shape index (κ3) is 5.18. The zero-order chi connectivity index (χ0) is 38.9. The minimum absolute atomic E-state index is 0.0278. The first-order valence-corrected chi connectivity index (χ1v) is 20.2. The molecule has 0 unspecified atom stereocenters. The Balaban J connectivity index is 1.22. The van der Waals surface area contributed by atoms with Crippen LogP contribution in [0.1, 0.15) is 0 Å². The summed E-state index contributed by atoms with van der Waals surface area (Å²) in [7, 11) is 0. The first-order chi connectivity index (χ1) is 29.3. The Bertz CT molecular complexity index is 3070. The van der Waals surface area contributed by atoms with E-state index in [4.69, 9.17) is 4.42 Å². The summed E-state index contributed by atoms with van der Waals surface area (Å²) in [5.74, 6) is 0. The molecule has 0 amide bonds. The molecular weight excluding hydrogens is 717 g/mol. The Hall–Kier alpha value is -7.76. The normalized spacial score (nSPS) is 12.6. The summed E-state index contributed by atoms with van der Waals surface area (Å²) in [6.45, 7) is 0.0278. The minimum atomic E-state index is 0.0278. The largest absolute Gasteiger partial charge is 0.456 e. The molecule has 0 radical (unpaired) electrons. The Morgan fingerprint density at radius 2 is 0.915 bits per heavy atom. The summed E-state index contributed by atoms with van der Waals surface area (Å²) < 4.78 is 6.55. The van der Waals surface area contributed by atoms with Crippen molar-refractivity contribution in [2.45, 2.75) is 0 Å². The molecule has 2 aliphatic rings. The average molecular weight is 754 g/mol. The summed E-state index contributed by atoms with van der Waals surface area (Å²) in [6, 6.07) is 78.7. The molecule has 0 spiro atoms. The van der Waals surface area contributed by atoms with Crippen LogP contribution in [0.5, 0.6) is 0 Å². The molecule has 0 atom stereocenters. The van der Waals surface area contributed by atoms with E-state index in [-0.39, 0.29) is 6.71 Å². The van der Waals surface area contributed by atoms with E-state index in [0.717, 1.165) is 72.9 Å². The molecule has 1 aromatic heterocycles. The van der Waals surface area contributed by atoms with Gasteiger partial charge in [0.25, 0.3) is 6.71 Å². The number of hydrogen-bond acceptors (Lipinski definition) is 4. The van der Waals surface area contributed by atoms with Gasteiger partial charge >= 0.3 is 0 Å². The van der Waals surface area contributed by atoms with Crippen LogP contribution in [0.15, 0.2) is 223 Å². The van der Waals surface area contributed by atoms with Crippen LogP contribution >= 0.6 is 0 Å². The fourth-order valence-corrected chi connectivity index (χ4v) is 9.62. The van der Waals surface area contributed by atoms with Crippen LogP contribution in [0.4, 0.5) is 51.2 Å².